The van der Waals surface area contributed by atoms with Gasteiger partial charge in [0.15, 0.2) is 0 Å². The molecule has 0 radical (unpaired) electrons. The van der Waals surface area contributed by atoms with E-state index >= 15 is 0 Å². The van der Waals surface area contributed by atoms with E-state index in [4.69, 9.17) is 9.47 Å². The number of hydrogen-bond donors (Lipinski definition) is 1. The molecule has 2 aromatic carbocycles. The summed E-state index contributed by atoms with van der Waals surface area (Å²) in [7, 11) is 3.26. The zero-order chi connectivity index (χ0) is 22.2. The molecule has 1 aliphatic rings. The number of carbonyl (C=O) groups excluding carboxylic acids is 1. The maximum absolute atomic E-state index is 12.4. The van der Waals surface area contributed by atoms with Gasteiger partial charge < -0.3 is 14.8 Å². The second kappa shape index (κ2) is 11.2. The normalized spacial score (nSPS) is 16.7. The van der Waals surface area contributed by atoms with E-state index in [1.54, 1.807) is 14.2 Å². The number of aryl methyl sites for hydroxylation is 2. The molecule has 1 aliphatic heterocycles. The van der Waals surface area contributed by atoms with Crippen molar-refractivity contribution in [3.8, 4) is 11.5 Å². The lowest BCUT2D eigenvalue weighted by Gasteiger charge is -2.32. The molecule has 0 bridgehead atoms. The molecule has 3 rings (SSSR count). The van der Waals surface area contributed by atoms with Crippen LogP contribution in [0.1, 0.15) is 47.9 Å². The van der Waals surface area contributed by atoms with Crippen LogP contribution in [0.3, 0.4) is 0 Å². The van der Waals surface area contributed by atoms with E-state index in [1.807, 2.05) is 18.2 Å². The standard InChI is InChI=1S/C26H36N2O3/c1-19-7-8-22(14-20(19)2)18-28-13-5-6-21(17-28)9-12-26(29)27-16-23-10-11-24(30-3)15-25(23)31-4/h7-8,10-11,14-15,21H,5-6,9,12-13,16-18H2,1-4H3,(H,27,29). The summed E-state index contributed by atoms with van der Waals surface area (Å²) in [6, 6.07) is 12.4. The van der Waals surface area contributed by atoms with Crippen molar-refractivity contribution in [1.29, 1.82) is 0 Å². The molecule has 31 heavy (non-hydrogen) atoms. The highest BCUT2D eigenvalue weighted by Crippen LogP contribution is 2.25. The van der Waals surface area contributed by atoms with Crippen LogP contribution in [0.4, 0.5) is 0 Å². The van der Waals surface area contributed by atoms with E-state index in [-0.39, 0.29) is 5.91 Å². The number of benzene rings is 2. The van der Waals surface area contributed by atoms with E-state index in [9.17, 15) is 4.79 Å². The smallest absolute Gasteiger partial charge is 0.220 e. The Kier molecular flexibility index (Phi) is 8.35. The highest BCUT2D eigenvalue weighted by atomic mass is 16.5. The van der Waals surface area contributed by atoms with Gasteiger partial charge in [-0.05, 0) is 74.4 Å². The van der Waals surface area contributed by atoms with Gasteiger partial charge in [-0.3, -0.25) is 9.69 Å². The second-order valence-corrected chi connectivity index (χ2v) is 8.66. The average molecular weight is 425 g/mol. The number of carbonyl (C=O) groups is 1. The fourth-order valence-electron chi connectivity index (χ4n) is 4.31. The fourth-order valence-corrected chi connectivity index (χ4v) is 4.31. The number of nitrogens with zero attached hydrogens (tertiary/aromatic N) is 1. The van der Waals surface area contributed by atoms with Crippen LogP contribution in [0.2, 0.25) is 0 Å². The Morgan fingerprint density at radius 3 is 2.68 bits per heavy atom. The van der Waals surface area contributed by atoms with Crippen molar-refractivity contribution in [2.45, 2.75) is 52.6 Å². The van der Waals surface area contributed by atoms with Gasteiger partial charge in [0.05, 0.1) is 14.2 Å². The number of likely N-dealkylation sites (tertiary alicyclic amines) is 1. The van der Waals surface area contributed by atoms with Gasteiger partial charge in [0.1, 0.15) is 11.5 Å². The van der Waals surface area contributed by atoms with Crippen LogP contribution in [0, 0.1) is 19.8 Å². The van der Waals surface area contributed by atoms with Crippen LogP contribution in [-0.4, -0.2) is 38.1 Å². The Morgan fingerprint density at radius 1 is 1.10 bits per heavy atom. The molecule has 5 heteroatoms. The Balaban J connectivity index is 1.44. The summed E-state index contributed by atoms with van der Waals surface area (Å²) in [6.45, 7) is 8.03. The largest absolute Gasteiger partial charge is 0.497 e. The molecule has 1 unspecified atom stereocenters. The minimum absolute atomic E-state index is 0.101. The second-order valence-electron chi connectivity index (χ2n) is 8.66. The van der Waals surface area contributed by atoms with Gasteiger partial charge in [-0.2, -0.15) is 0 Å². The lowest BCUT2D eigenvalue weighted by atomic mass is 9.92. The van der Waals surface area contributed by atoms with Gasteiger partial charge >= 0.3 is 0 Å². The van der Waals surface area contributed by atoms with E-state index in [0.29, 0.717) is 18.9 Å². The summed E-state index contributed by atoms with van der Waals surface area (Å²) in [6.07, 6.45) is 3.93. The first-order valence-corrected chi connectivity index (χ1v) is 11.2. The van der Waals surface area contributed by atoms with Crippen LogP contribution in [0.25, 0.3) is 0 Å². The van der Waals surface area contributed by atoms with Crippen molar-refractivity contribution < 1.29 is 14.3 Å². The molecule has 0 aromatic heterocycles. The lowest BCUT2D eigenvalue weighted by Crippen LogP contribution is -2.35. The van der Waals surface area contributed by atoms with Crippen LogP contribution in [0.15, 0.2) is 36.4 Å². The SMILES string of the molecule is COc1ccc(CNC(=O)CCC2CCCN(Cc3ccc(C)c(C)c3)C2)c(OC)c1. The summed E-state index contributed by atoms with van der Waals surface area (Å²) in [4.78, 5) is 15.0. The first kappa shape index (κ1) is 23.1. The van der Waals surface area contributed by atoms with Gasteiger partial charge in [-0.25, -0.2) is 0 Å². The van der Waals surface area contributed by atoms with Gasteiger partial charge in [0, 0.05) is 37.7 Å². The maximum atomic E-state index is 12.4. The summed E-state index contributed by atoms with van der Waals surface area (Å²) >= 11 is 0. The zero-order valence-electron chi connectivity index (χ0n) is 19.4. The number of nitrogens with one attached hydrogen (secondary N) is 1. The van der Waals surface area contributed by atoms with Crippen molar-refractivity contribution in [2.24, 2.45) is 5.92 Å². The van der Waals surface area contributed by atoms with E-state index in [0.717, 1.165) is 43.1 Å². The summed E-state index contributed by atoms with van der Waals surface area (Å²) in [5, 5.41) is 3.04. The van der Waals surface area contributed by atoms with Crippen molar-refractivity contribution in [1.82, 2.24) is 10.2 Å². The first-order chi connectivity index (χ1) is 15.0. The van der Waals surface area contributed by atoms with Crippen LogP contribution >= 0.6 is 0 Å². The molecule has 1 atom stereocenters. The molecule has 1 amide bonds. The molecular formula is C26H36N2O3. The number of rotatable bonds is 9. The number of piperidine rings is 1. The van der Waals surface area contributed by atoms with Crippen LogP contribution in [0.5, 0.6) is 11.5 Å². The number of hydrogen-bond acceptors (Lipinski definition) is 4. The maximum Gasteiger partial charge on any atom is 0.220 e. The quantitative estimate of drug-likeness (QED) is 0.638. The fraction of sp³-hybridized carbons (Fsp3) is 0.500. The zero-order valence-corrected chi connectivity index (χ0v) is 19.4. The monoisotopic (exact) mass is 424 g/mol. The highest BCUT2D eigenvalue weighted by molar-refractivity contribution is 5.75. The summed E-state index contributed by atoms with van der Waals surface area (Å²) < 4.78 is 10.6. The van der Waals surface area contributed by atoms with E-state index < -0.39 is 0 Å². The van der Waals surface area contributed by atoms with E-state index in [2.05, 4.69) is 42.3 Å². The lowest BCUT2D eigenvalue weighted by molar-refractivity contribution is -0.121. The minimum Gasteiger partial charge on any atom is -0.497 e. The van der Waals surface area contributed by atoms with Crippen molar-refractivity contribution in [2.75, 3.05) is 27.3 Å². The molecule has 0 saturated carbocycles. The molecule has 0 spiro atoms. The number of methoxy groups -OCH3 is 2. The van der Waals surface area contributed by atoms with Crippen LogP contribution in [-0.2, 0) is 17.9 Å². The predicted molar refractivity (Wildman–Crippen MR) is 125 cm³/mol. The van der Waals surface area contributed by atoms with E-state index in [1.165, 1.54) is 29.5 Å². The summed E-state index contributed by atoms with van der Waals surface area (Å²) in [5.41, 5.74) is 5.04. The van der Waals surface area contributed by atoms with Crippen molar-refractivity contribution >= 4 is 5.91 Å². The molecule has 1 N–H and O–H groups in total. The molecular weight excluding hydrogens is 388 g/mol. The van der Waals surface area contributed by atoms with Crippen molar-refractivity contribution in [3.05, 3.63) is 58.7 Å². The Labute approximate surface area is 186 Å². The minimum atomic E-state index is 0.101. The van der Waals surface area contributed by atoms with Crippen molar-refractivity contribution in [3.63, 3.8) is 0 Å². The Morgan fingerprint density at radius 2 is 1.94 bits per heavy atom. The molecule has 2 aromatic rings. The van der Waals surface area contributed by atoms with Gasteiger partial charge in [0.25, 0.3) is 0 Å². The van der Waals surface area contributed by atoms with Gasteiger partial charge in [0.2, 0.25) is 5.91 Å². The van der Waals surface area contributed by atoms with Gasteiger partial charge in [-0.15, -0.1) is 0 Å². The predicted octanol–water partition coefficient (Wildman–Crippen LogP) is 4.63. The molecule has 5 nitrogen and oxygen atoms in total. The number of amides is 1. The molecule has 1 heterocycles. The molecule has 0 aliphatic carbocycles. The summed E-state index contributed by atoms with van der Waals surface area (Å²) in [5.74, 6) is 2.16. The van der Waals surface area contributed by atoms with Gasteiger partial charge in [-0.1, -0.05) is 18.2 Å². The third-order valence-corrected chi connectivity index (χ3v) is 6.33. The third kappa shape index (κ3) is 6.73. The Bertz CT molecular complexity index is 881. The topological polar surface area (TPSA) is 50.8 Å². The molecule has 168 valence electrons. The Hall–Kier alpha value is -2.53. The highest BCUT2D eigenvalue weighted by Gasteiger charge is 2.21. The molecule has 1 saturated heterocycles. The third-order valence-electron chi connectivity index (χ3n) is 6.33. The average Bonchev–Trinajstić information content (AvgIpc) is 2.79. The number of ether oxygens (including phenoxy) is 2. The first-order valence-electron chi connectivity index (χ1n) is 11.2. The molecule has 1 fully saturated rings. The van der Waals surface area contributed by atoms with Crippen LogP contribution < -0.4 is 14.8 Å².